The highest BCUT2D eigenvalue weighted by molar-refractivity contribution is 7.23. The topological polar surface area (TPSA) is 0 Å². The lowest BCUT2D eigenvalue weighted by Gasteiger charge is -2.08. The Morgan fingerprint density at radius 3 is 2.00 bits per heavy atom. The van der Waals surface area contributed by atoms with Gasteiger partial charge in [-0.05, 0) is 55.8 Å². The van der Waals surface area contributed by atoms with Crippen LogP contribution in [-0.2, 0) is 0 Å². The Hall–Kier alpha value is -3.42. The van der Waals surface area contributed by atoms with E-state index in [2.05, 4.69) is 109 Å². The van der Waals surface area contributed by atoms with Crippen molar-refractivity contribution < 1.29 is 0 Å². The molecule has 0 saturated heterocycles. The molecule has 0 N–H and O–H groups in total. The first-order valence-electron chi connectivity index (χ1n) is 9.87. The Morgan fingerprint density at radius 2 is 1.10 bits per heavy atom. The smallest absolute Gasteiger partial charge is 0.0427 e. The van der Waals surface area contributed by atoms with Crippen molar-refractivity contribution in [2.75, 3.05) is 0 Å². The lowest BCUT2D eigenvalue weighted by Crippen LogP contribution is -1.82. The summed E-state index contributed by atoms with van der Waals surface area (Å²) < 4.78 is 1.37. The summed E-state index contributed by atoms with van der Waals surface area (Å²) in [4.78, 5) is 1.32. The fourth-order valence-electron chi connectivity index (χ4n) is 4.23. The highest BCUT2D eigenvalue weighted by Gasteiger charge is 2.09. The van der Waals surface area contributed by atoms with E-state index in [4.69, 9.17) is 0 Å². The minimum Gasteiger partial charge on any atom is -0.135 e. The van der Waals surface area contributed by atoms with Crippen molar-refractivity contribution in [3.05, 3.63) is 109 Å². The van der Waals surface area contributed by atoms with Gasteiger partial charge in [-0.2, -0.15) is 0 Å². The molecule has 1 heterocycles. The van der Waals surface area contributed by atoms with Gasteiger partial charge in [-0.3, -0.25) is 0 Å². The predicted octanol–water partition coefficient (Wildman–Crippen LogP) is 8.54. The quantitative estimate of drug-likeness (QED) is 0.280. The van der Waals surface area contributed by atoms with Crippen molar-refractivity contribution in [1.29, 1.82) is 0 Å². The highest BCUT2D eigenvalue weighted by atomic mass is 32.1. The van der Waals surface area contributed by atoms with Crippen LogP contribution in [0.15, 0.2) is 109 Å². The molecular formula is C28H18S. The summed E-state index contributed by atoms with van der Waals surface area (Å²) in [6.45, 7) is 0. The molecular weight excluding hydrogens is 368 g/mol. The lowest BCUT2D eigenvalue weighted by molar-refractivity contribution is 1.65. The van der Waals surface area contributed by atoms with Gasteiger partial charge in [-0.25, -0.2) is 0 Å². The molecule has 1 heteroatoms. The summed E-state index contributed by atoms with van der Waals surface area (Å²) >= 11 is 1.89. The normalized spacial score (nSPS) is 11.4. The zero-order valence-corrected chi connectivity index (χ0v) is 16.6. The van der Waals surface area contributed by atoms with Crippen molar-refractivity contribution in [3.8, 4) is 21.6 Å². The van der Waals surface area contributed by atoms with E-state index in [0.29, 0.717) is 0 Å². The molecule has 6 rings (SSSR count). The molecule has 136 valence electrons. The zero-order chi connectivity index (χ0) is 19.2. The maximum Gasteiger partial charge on any atom is 0.0427 e. The number of thiophene rings is 1. The lowest BCUT2D eigenvalue weighted by atomic mass is 9.97. The third-order valence-electron chi connectivity index (χ3n) is 5.66. The molecule has 29 heavy (non-hydrogen) atoms. The largest absolute Gasteiger partial charge is 0.135 e. The van der Waals surface area contributed by atoms with Gasteiger partial charge in [-0.1, -0.05) is 97.1 Å². The zero-order valence-electron chi connectivity index (χ0n) is 15.8. The molecule has 6 aromatic rings. The Morgan fingerprint density at radius 1 is 0.448 bits per heavy atom. The minimum atomic E-state index is 1.27. The average Bonchev–Trinajstić information content (AvgIpc) is 3.24. The van der Waals surface area contributed by atoms with E-state index in [1.165, 1.54) is 53.2 Å². The molecule has 0 unspecified atom stereocenters. The molecule has 5 aromatic carbocycles. The van der Waals surface area contributed by atoms with Gasteiger partial charge in [0.05, 0.1) is 0 Å². The molecule has 0 aliphatic carbocycles. The van der Waals surface area contributed by atoms with Crippen molar-refractivity contribution in [1.82, 2.24) is 0 Å². The molecule has 0 radical (unpaired) electrons. The molecule has 0 saturated carbocycles. The average molecular weight is 387 g/mol. The summed E-state index contributed by atoms with van der Waals surface area (Å²) in [5, 5.41) is 6.54. The van der Waals surface area contributed by atoms with E-state index in [1.807, 2.05) is 11.3 Å². The second-order valence-electron chi connectivity index (χ2n) is 7.42. The van der Waals surface area contributed by atoms with Gasteiger partial charge < -0.3 is 0 Å². The van der Waals surface area contributed by atoms with Crippen LogP contribution in [0.5, 0.6) is 0 Å². The molecule has 0 spiro atoms. The van der Waals surface area contributed by atoms with Crippen molar-refractivity contribution >= 4 is 43.0 Å². The number of fused-ring (bicyclic) bond motifs is 4. The van der Waals surface area contributed by atoms with Crippen LogP contribution in [0.3, 0.4) is 0 Å². The van der Waals surface area contributed by atoms with Gasteiger partial charge >= 0.3 is 0 Å². The maximum absolute atomic E-state index is 2.33. The molecule has 0 fully saturated rings. The van der Waals surface area contributed by atoms with Crippen LogP contribution >= 0.6 is 11.3 Å². The number of hydrogen-bond acceptors (Lipinski definition) is 1. The number of rotatable bonds is 2. The van der Waals surface area contributed by atoms with Crippen LogP contribution < -0.4 is 0 Å². The Labute approximate surface area is 173 Å². The first kappa shape index (κ1) is 16.5. The van der Waals surface area contributed by atoms with Crippen LogP contribution in [0, 0.1) is 0 Å². The molecule has 0 bridgehead atoms. The molecule has 0 atom stereocenters. The van der Waals surface area contributed by atoms with Crippen LogP contribution in [-0.4, -0.2) is 0 Å². The van der Waals surface area contributed by atoms with E-state index < -0.39 is 0 Å². The molecule has 0 nitrogen and oxygen atoms in total. The predicted molar refractivity (Wildman–Crippen MR) is 128 cm³/mol. The van der Waals surface area contributed by atoms with E-state index >= 15 is 0 Å². The third kappa shape index (κ3) is 2.74. The summed E-state index contributed by atoms with van der Waals surface area (Å²) in [5.74, 6) is 0. The van der Waals surface area contributed by atoms with Crippen molar-refractivity contribution in [3.63, 3.8) is 0 Å². The van der Waals surface area contributed by atoms with Crippen molar-refractivity contribution in [2.45, 2.75) is 0 Å². The summed E-state index contributed by atoms with van der Waals surface area (Å²) in [6, 6.07) is 39.5. The fourth-order valence-corrected chi connectivity index (χ4v) is 5.42. The van der Waals surface area contributed by atoms with Gasteiger partial charge in [0.25, 0.3) is 0 Å². The fraction of sp³-hybridized carbons (Fsp3) is 0. The Bertz CT molecular complexity index is 1500. The van der Waals surface area contributed by atoms with Crippen LogP contribution in [0.2, 0.25) is 0 Å². The monoisotopic (exact) mass is 386 g/mol. The summed E-state index contributed by atoms with van der Waals surface area (Å²) in [5.41, 5.74) is 3.83. The van der Waals surface area contributed by atoms with E-state index in [0.717, 1.165) is 0 Å². The van der Waals surface area contributed by atoms with Gasteiger partial charge in [0.1, 0.15) is 0 Å². The molecule has 1 aromatic heterocycles. The Kier molecular flexibility index (Phi) is 3.75. The van der Waals surface area contributed by atoms with Crippen LogP contribution in [0.25, 0.3) is 53.2 Å². The Balaban J connectivity index is 1.53. The SMILES string of the molecule is c1cc(-c2cc3ccc4ccccc4c3s2)cc(-c2cccc3ccccc23)c1. The minimum absolute atomic E-state index is 1.27. The maximum atomic E-state index is 2.33. The van der Waals surface area contributed by atoms with E-state index in [-0.39, 0.29) is 0 Å². The van der Waals surface area contributed by atoms with E-state index in [9.17, 15) is 0 Å². The van der Waals surface area contributed by atoms with E-state index in [1.54, 1.807) is 0 Å². The van der Waals surface area contributed by atoms with Crippen LogP contribution in [0.1, 0.15) is 0 Å². The summed E-state index contributed by atoms with van der Waals surface area (Å²) in [6.07, 6.45) is 0. The number of benzene rings is 5. The second kappa shape index (κ2) is 6.58. The molecule has 0 aliphatic rings. The first-order chi connectivity index (χ1) is 14.4. The van der Waals surface area contributed by atoms with Crippen LogP contribution in [0.4, 0.5) is 0 Å². The van der Waals surface area contributed by atoms with Gasteiger partial charge in [0.15, 0.2) is 0 Å². The standard InChI is InChI=1S/C28H18S/c1-3-12-24-19(7-1)9-6-14-25(24)21-10-5-11-22(17-21)27-18-23-16-15-20-8-2-4-13-26(20)28(23)29-27/h1-18H. The van der Waals surface area contributed by atoms with Gasteiger partial charge in [0, 0.05) is 9.58 Å². The molecule has 0 aliphatic heterocycles. The molecule has 0 amide bonds. The highest BCUT2D eigenvalue weighted by Crippen LogP contribution is 2.39. The van der Waals surface area contributed by atoms with Gasteiger partial charge in [-0.15, -0.1) is 11.3 Å². The first-order valence-corrected chi connectivity index (χ1v) is 10.7. The van der Waals surface area contributed by atoms with Crippen molar-refractivity contribution in [2.24, 2.45) is 0 Å². The third-order valence-corrected chi connectivity index (χ3v) is 6.89. The number of hydrogen-bond donors (Lipinski definition) is 0. The van der Waals surface area contributed by atoms with Gasteiger partial charge in [0.2, 0.25) is 0 Å². The summed E-state index contributed by atoms with van der Waals surface area (Å²) in [7, 11) is 0. The second-order valence-corrected chi connectivity index (χ2v) is 8.48.